The monoisotopic (exact) mass is 254 g/mol. The molecule has 1 fully saturated rings. The zero-order chi connectivity index (χ0) is 13.3. The molecule has 1 saturated heterocycles. The average Bonchev–Trinajstić information content (AvgIpc) is 2.65. The fourth-order valence-corrected chi connectivity index (χ4v) is 1.69. The van der Waals surface area contributed by atoms with Gasteiger partial charge in [-0.3, -0.25) is 9.36 Å². The van der Waals surface area contributed by atoms with Crippen LogP contribution in [0.15, 0.2) is 11.0 Å². The molecule has 0 bridgehead atoms. The number of aryl methyl sites for hydroxylation is 1. The summed E-state index contributed by atoms with van der Waals surface area (Å²) in [7, 11) is 1.69. The van der Waals surface area contributed by atoms with Gasteiger partial charge >= 0.3 is 0 Å². The maximum Gasteiger partial charge on any atom is 0.258 e. The summed E-state index contributed by atoms with van der Waals surface area (Å²) < 4.78 is 17.9. The van der Waals surface area contributed by atoms with Crippen LogP contribution in [0.4, 0.5) is 0 Å². The summed E-state index contributed by atoms with van der Waals surface area (Å²) in [6, 6.07) is 0. The summed E-state index contributed by atoms with van der Waals surface area (Å²) in [6.45, 7) is 5.96. The molecule has 0 amide bonds. The zero-order valence-electron chi connectivity index (χ0n) is 11.1. The second kappa shape index (κ2) is 4.79. The van der Waals surface area contributed by atoms with E-state index in [1.165, 1.54) is 4.57 Å². The third-order valence-electron chi connectivity index (χ3n) is 2.88. The molecule has 0 aromatic carbocycles. The average molecular weight is 254 g/mol. The highest BCUT2D eigenvalue weighted by Crippen LogP contribution is 2.23. The highest BCUT2D eigenvalue weighted by Gasteiger charge is 2.33. The third-order valence-corrected chi connectivity index (χ3v) is 2.88. The van der Waals surface area contributed by atoms with Gasteiger partial charge in [-0.25, -0.2) is 4.98 Å². The Balaban J connectivity index is 2.00. The first kappa shape index (κ1) is 13.2. The fraction of sp³-hybridized carbons (Fsp3) is 0.667. The molecule has 0 saturated carbocycles. The van der Waals surface area contributed by atoms with Crippen molar-refractivity contribution in [3.8, 4) is 0 Å². The molecule has 1 unspecified atom stereocenters. The van der Waals surface area contributed by atoms with E-state index in [1.807, 2.05) is 13.8 Å². The van der Waals surface area contributed by atoms with Gasteiger partial charge in [0.15, 0.2) is 12.1 Å². The lowest BCUT2D eigenvalue weighted by molar-refractivity contribution is -0.194. The number of rotatable bonds is 3. The minimum Gasteiger partial charge on any atom is -0.345 e. The van der Waals surface area contributed by atoms with Crippen LogP contribution >= 0.6 is 0 Å². The third kappa shape index (κ3) is 2.77. The molecule has 2 heterocycles. The van der Waals surface area contributed by atoms with Crippen LogP contribution in [0.25, 0.3) is 0 Å². The maximum absolute atomic E-state index is 11.9. The van der Waals surface area contributed by atoms with Crippen molar-refractivity contribution >= 4 is 0 Å². The second-order valence-corrected chi connectivity index (χ2v) is 4.76. The van der Waals surface area contributed by atoms with Gasteiger partial charge in [-0.15, -0.1) is 0 Å². The highest BCUT2D eigenvalue weighted by molar-refractivity contribution is 5.05. The first-order chi connectivity index (χ1) is 8.39. The number of hydrogen-bond donors (Lipinski definition) is 0. The predicted molar refractivity (Wildman–Crippen MR) is 63.9 cm³/mol. The highest BCUT2D eigenvalue weighted by atomic mass is 16.8. The normalized spacial score (nSPS) is 22.3. The maximum atomic E-state index is 11.9. The minimum atomic E-state index is -0.624. The van der Waals surface area contributed by atoms with Crippen molar-refractivity contribution in [2.45, 2.75) is 39.5 Å². The van der Waals surface area contributed by atoms with Gasteiger partial charge in [-0.1, -0.05) is 0 Å². The van der Waals surface area contributed by atoms with Crippen LogP contribution in [0, 0.1) is 6.92 Å². The first-order valence-corrected chi connectivity index (χ1v) is 5.84. The van der Waals surface area contributed by atoms with Crippen molar-refractivity contribution in [2.75, 3.05) is 6.61 Å². The Morgan fingerprint density at radius 1 is 1.61 bits per heavy atom. The first-order valence-electron chi connectivity index (χ1n) is 5.84. The Hall–Kier alpha value is -1.24. The molecule has 1 aromatic rings. The quantitative estimate of drug-likeness (QED) is 0.795. The Morgan fingerprint density at radius 2 is 2.33 bits per heavy atom. The van der Waals surface area contributed by atoms with Crippen LogP contribution in [-0.4, -0.2) is 28.2 Å². The van der Waals surface area contributed by atoms with Gasteiger partial charge in [0.25, 0.3) is 5.56 Å². The largest absolute Gasteiger partial charge is 0.345 e. The Labute approximate surface area is 105 Å². The van der Waals surface area contributed by atoms with Gasteiger partial charge in [0, 0.05) is 13.2 Å². The van der Waals surface area contributed by atoms with Gasteiger partial charge in [0.2, 0.25) is 0 Å². The summed E-state index contributed by atoms with van der Waals surface area (Å²) in [4.78, 5) is 16.0. The topological polar surface area (TPSA) is 62.6 Å². The zero-order valence-corrected chi connectivity index (χ0v) is 11.1. The SMILES string of the molecule is Cc1ncc(COC2COC(C)(C)O2)c(=O)n1C. The number of nitrogens with zero attached hydrogens (tertiary/aromatic N) is 2. The van der Waals surface area contributed by atoms with Gasteiger partial charge in [-0.05, 0) is 20.8 Å². The Kier molecular flexibility index (Phi) is 3.52. The molecule has 1 aliphatic heterocycles. The molecule has 1 aliphatic rings. The molecule has 0 aliphatic carbocycles. The van der Waals surface area contributed by atoms with Crippen molar-refractivity contribution < 1.29 is 14.2 Å². The van der Waals surface area contributed by atoms with E-state index in [0.717, 1.165) is 0 Å². The molecule has 1 aromatic heterocycles. The smallest absolute Gasteiger partial charge is 0.258 e. The standard InChI is InChI=1S/C12H18N2O4/c1-8-13-5-9(11(15)14(8)4)6-16-10-7-17-12(2,3)18-10/h5,10H,6-7H2,1-4H3. The van der Waals surface area contributed by atoms with E-state index in [4.69, 9.17) is 14.2 Å². The van der Waals surface area contributed by atoms with E-state index in [2.05, 4.69) is 4.98 Å². The minimum absolute atomic E-state index is 0.0966. The van der Waals surface area contributed by atoms with Crippen molar-refractivity contribution in [3.63, 3.8) is 0 Å². The fourth-order valence-electron chi connectivity index (χ4n) is 1.69. The van der Waals surface area contributed by atoms with E-state index >= 15 is 0 Å². The van der Waals surface area contributed by atoms with Gasteiger partial charge in [-0.2, -0.15) is 0 Å². The van der Waals surface area contributed by atoms with E-state index < -0.39 is 12.1 Å². The molecule has 2 rings (SSSR count). The van der Waals surface area contributed by atoms with E-state index in [0.29, 0.717) is 18.0 Å². The molecular formula is C12H18N2O4. The summed E-state index contributed by atoms with van der Waals surface area (Å²) in [5.74, 6) is 0.0477. The van der Waals surface area contributed by atoms with Crippen LogP contribution in [-0.2, 0) is 27.9 Å². The lowest BCUT2D eigenvalue weighted by Gasteiger charge is -2.17. The molecule has 0 spiro atoms. The Morgan fingerprint density at radius 3 is 2.94 bits per heavy atom. The summed E-state index contributed by atoms with van der Waals surface area (Å²) in [5, 5.41) is 0. The number of ether oxygens (including phenoxy) is 3. The molecule has 0 radical (unpaired) electrons. The lowest BCUT2D eigenvalue weighted by atomic mass is 10.3. The number of aromatic nitrogens is 2. The van der Waals surface area contributed by atoms with Gasteiger partial charge in [0.1, 0.15) is 12.4 Å². The summed E-state index contributed by atoms with van der Waals surface area (Å²) in [5.41, 5.74) is 0.414. The van der Waals surface area contributed by atoms with Gasteiger partial charge < -0.3 is 14.2 Å². The van der Waals surface area contributed by atoms with Crippen molar-refractivity contribution in [3.05, 3.63) is 27.9 Å². The van der Waals surface area contributed by atoms with Crippen molar-refractivity contribution in [1.82, 2.24) is 9.55 Å². The summed E-state index contributed by atoms with van der Waals surface area (Å²) >= 11 is 0. The van der Waals surface area contributed by atoms with E-state index in [-0.39, 0.29) is 12.2 Å². The number of hydrogen-bond acceptors (Lipinski definition) is 5. The van der Waals surface area contributed by atoms with Crippen LogP contribution in [0.2, 0.25) is 0 Å². The molecule has 6 heteroatoms. The van der Waals surface area contributed by atoms with E-state index in [1.54, 1.807) is 20.2 Å². The van der Waals surface area contributed by atoms with Gasteiger partial charge in [0.05, 0.1) is 12.2 Å². The molecule has 1 atom stereocenters. The molecule has 100 valence electrons. The molecule has 18 heavy (non-hydrogen) atoms. The van der Waals surface area contributed by atoms with Crippen LogP contribution in [0.3, 0.4) is 0 Å². The van der Waals surface area contributed by atoms with Crippen LogP contribution < -0.4 is 5.56 Å². The van der Waals surface area contributed by atoms with E-state index in [9.17, 15) is 4.79 Å². The molecule has 0 N–H and O–H groups in total. The van der Waals surface area contributed by atoms with Crippen LogP contribution in [0.5, 0.6) is 0 Å². The predicted octanol–water partition coefficient (Wildman–Crippen LogP) is 0.714. The lowest BCUT2D eigenvalue weighted by Crippen LogP contribution is -2.27. The van der Waals surface area contributed by atoms with Crippen molar-refractivity contribution in [2.24, 2.45) is 7.05 Å². The van der Waals surface area contributed by atoms with Crippen molar-refractivity contribution in [1.29, 1.82) is 0 Å². The molecular weight excluding hydrogens is 236 g/mol. The second-order valence-electron chi connectivity index (χ2n) is 4.76. The Bertz CT molecular complexity index is 495. The molecule has 6 nitrogen and oxygen atoms in total. The summed E-state index contributed by atoms with van der Waals surface area (Å²) in [6.07, 6.45) is 1.10. The van der Waals surface area contributed by atoms with Crippen LogP contribution in [0.1, 0.15) is 25.2 Å².